The van der Waals surface area contributed by atoms with Gasteiger partial charge in [-0.05, 0) is 29.3 Å². The second kappa shape index (κ2) is 4.13. The molecule has 2 aromatic rings. The molecule has 2 nitrogen and oxygen atoms in total. The summed E-state index contributed by atoms with van der Waals surface area (Å²) in [5, 5.41) is 0.340. The van der Waals surface area contributed by atoms with Gasteiger partial charge in [0.1, 0.15) is 11.0 Å². The molecule has 0 saturated heterocycles. The van der Waals surface area contributed by atoms with Gasteiger partial charge in [-0.25, -0.2) is 14.4 Å². The Hall–Kier alpha value is -1.19. The average Bonchev–Trinajstić information content (AvgIpc) is 2.20. The number of hydrogen-bond donors (Lipinski definition) is 0. The van der Waals surface area contributed by atoms with Crippen LogP contribution in [0.1, 0.15) is 0 Å². The quantitative estimate of drug-likeness (QED) is 0.565. The second-order valence-electron chi connectivity index (χ2n) is 2.85. The molecule has 0 amide bonds. The van der Waals surface area contributed by atoms with E-state index in [9.17, 15) is 4.39 Å². The Labute approximate surface area is 95.7 Å². The molecule has 0 aliphatic heterocycles. The molecular weight excluding hydrogens is 238 g/mol. The first-order chi connectivity index (χ1) is 7.16. The topological polar surface area (TPSA) is 25.8 Å². The lowest BCUT2D eigenvalue weighted by Gasteiger charge is -2.02. The summed E-state index contributed by atoms with van der Waals surface area (Å²) in [6.07, 6.45) is 1.50. The van der Waals surface area contributed by atoms with Gasteiger partial charge in [-0.3, -0.25) is 0 Å². The Balaban J connectivity index is 2.49. The van der Waals surface area contributed by atoms with E-state index in [1.54, 1.807) is 12.1 Å². The molecule has 0 aliphatic rings. The van der Waals surface area contributed by atoms with Crippen LogP contribution >= 0.6 is 23.2 Å². The molecule has 1 aromatic heterocycles. The van der Waals surface area contributed by atoms with Gasteiger partial charge in [-0.1, -0.05) is 23.7 Å². The summed E-state index contributed by atoms with van der Waals surface area (Å²) in [7, 11) is 0. The second-order valence-corrected chi connectivity index (χ2v) is 3.55. The summed E-state index contributed by atoms with van der Waals surface area (Å²) in [6.45, 7) is 0. The van der Waals surface area contributed by atoms with Crippen molar-refractivity contribution in [2.45, 2.75) is 0 Å². The summed E-state index contributed by atoms with van der Waals surface area (Å²) in [6, 6.07) is 5.90. The predicted octanol–water partition coefficient (Wildman–Crippen LogP) is 3.59. The lowest BCUT2D eigenvalue weighted by Crippen LogP contribution is -1.87. The smallest absolute Gasteiger partial charge is 0.223 e. The lowest BCUT2D eigenvalue weighted by molar-refractivity contribution is 0.628. The lowest BCUT2D eigenvalue weighted by atomic mass is 10.1. The molecule has 0 unspecified atom stereocenters. The van der Waals surface area contributed by atoms with Crippen LogP contribution in [0.4, 0.5) is 4.39 Å². The zero-order chi connectivity index (χ0) is 10.8. The van der Waals surface area contributed by atoms with Gasteiger partial charge in [-0.2, -0.15) is 0 Å². The van der Waals surface area contributed by atoms with E-state index in [-0.39, 0.29) is 16.3 Å². The number of nitrogens with zero attached hydrogens (tertiary/aromatic N) is 2. The van der Waals surface area contributed by atoms with Crippen LogP contribution in [0.5, 0.6) is 0 Å². The summed E-state index contributed by atoms with van der Waals surface area (Å²) >= 11 is 11.4. The molecule has 0 saturated carbocycles. The molecule has 76 valence electrons. The Bertz CT molecular complexity index is 485. The fourth-order valence-corrected chi connectivity index (χ4v) is 1.58. The number of benzene rings is 1. The van der Waals surface area contributed by atoms with Gasteiger partial charge in [0.2, 0.25) is 5.28 Å². The van der Waals surface area contributed by atoms with E-state index in [0.29, 0.717) is 5.56 Å². The highest BCUT2D eigenvalue weighted by atomic mass is 35.5. The SMILES string of the molecule is Fc1ccc(-c2cnc(Cl)nc2Cl)cc1. The van der Waals surface area contributed by atoms with Crippen molar-refractivity contribution in [3.05, 3.63) is 46.7 Å². The third-order valence-corrected chi connectivity index (χ3v) is 2.34. The number of aromatic nitrogens is 2. The van der Waals surface area contributed by atoms with E-state index < -0.39 is 0 Å². The first-order valence-electron chi connectivity index (χ1n) is 4.11. The van der Waals surface area contributed by atoms with Crippen molar-refractivity contribution >= 4 is 23.2 Å². The summed E-state index contributed by atoms with van der Waals surface area (Å²) in [4.78, 5) is 7.61. The van der Waals surface area contributed by atoms with Crippen LogP contribution in [-0.4, -0.2) is 9.97 Å². The first kappa shape index (κ1) is 10.3. The van der Waals surface area contributed by atoms with Crippen LogP contribution in [0.25, 0.3) is 11.1 Å². The van der Waals surface area contributed by atoms with Crippen LogP contribution < -0.4 is 0 Å². The number of rotatable bonds is 1. The van der Waals surface area contributed by atoms with Crippen LogP contribution in [0, 0.1) is 5.82 Å². The van der Waals surface area contributed by atoms with Crippen LogP contribution in [0.2, 0.25) is 10.4 Å². The van der Waals surface area contributed by atoms with Gasteiger partial charge < -0.3 is 0 Å². The van der Waals surface area contributed by atoms with E-state index in [2.05, 4.69) is 9.97 Å². The van der Waals surface area contributed by atoms with E-state index in [1.807, 2.05) is 0 Å². The van der Waals surface area contributed by atoms with Gasteiger partial charge in [0.25, 0.3) is 0 Å². The van der Waals surface area contributed by atoms with Gasteiger partial charge in [0.05, 0.1) is 0 Å². The minimum Gasteiger partial charge on any atom is -0.226 e. The zero-order valence-electron chi connectivity index (χ0n) is 7.42. The maximum Gasteiger partial charge on any atom is 0.223 e. The predicted molar refractivity (Wildman–Crippen MR) is 57.4 cm³/mol. The Morgan fingerprint density at radius 2 is 1.73 bits per heavy atom. The average molecular weight is 243 g/mol. The van der Waals surface area contributed by atoms with Crippen molar-refractivity contribution in [1.82, 2.24) is 9.97 Å². The van der Waals surface area contributed by atoms with E-state index in [1.165, 1.54) is 18.3 Å². The molecule has 0 radical (unpaired) electrons. The van der Waals surface area contributed by atoms with Crippen molar-refractivity contribution < 1.29 is 4.39 Å². The third-order valence-electron chi connectivity index (χ3n) is 1.87. The van der Waals surface area contributed by atoms with E-state index >= 15 is 0 Å². The highest BCUT2D eigenvalue weighted by molar-refractivity contribution is 6.33. The third kappa shape index (κ3) is 2.25. The van der Waals surface area contributed by atoms with Gasteiger partial charge in [0, 0.05) is 11.8 Å². The molecule has 0 N–H and O–H groups in total. The molecular formula is C10H5Cl2FN2. The Morgan fingerprint density at radius 1 is 1.07 bits per heavy atom. The number of halogens is 3. The molecule has 0 atom stereocenters. The van der Waals surface area contributed by atoms with Crippen LogP contribution in [-0.2, 0) is 0 Å². The fourth-order valence-electron chi connectivity index (χ4n) is 1.16. The molecule has 0 bridgehead atoms. The molecule has 5 heteroatoms. The largest absolute Gasteiger partial charge is 0.226 e. The first-order valence-corrected chi connectivity index (χ1v) is 4.86. The number of hydrogen-bond acceptors (Lipinski definition) is 2. The van der Waals surface area contributed by atoms with Crippen molar-refractivity contribution in [1.29, 1.82) is 0 Å². The Kier molecular flexibility index (Phi) is 2.84. The molecule has 1 heterocycles. The van der Waals surface area contributed by atoms with Crippen LogP contribution in [0.3, 0.4) is 0 Å². The van der Waals surface area contributed by atoms with Gasteiger partial charge in [0.15, 0.2) is 0 Å². The summed E-state index contributed by atoms with van der Waals surface area (Å²) < 4.78 is 12.7. The van der Waals surface area contributed by atoms with E-state index in [0.717, 1.165) is 5.56 Å². The maximum absolute atomic E-state index is 12.7. The fraction of sp³-hybridized carbons (Fsp3) is 0. The van der Waals surface area contributed by atoms with Crippen molar-refractivity contribution in [3.8, 4) is 11.1 Å². The zero-order valence-corrected chi connectivity index (χ0v) is 8.93. The minimum absolute atomic E-state index is 0.0888. The highest BCUT2D eigenvalue weighted by Gasteiger charge is 2.06. The highest BCUT2D eigenvalue weighted by Crippen LogP contribution is 2.26. The standard InChI is InChI=1S/C10H5Cl2FN2/c11-9-8(5-14-10(12)15-9)6-1-3-7(13)4-2-6/h1-5H. The van der Waals surface area contributed by atoms with Crippen molar-refractivity contribution in [2.75, 3.05) is 0 Å². The molecule has 0 spiro atoms. The van der Waals surface area contributed by atoms with Gasteiger partial charge >= 0.3 is 0 Å². The van der Waals surface area contributed by atoms with Crippen molar-refractivity contribution in [2.24, 2.45) is 0 Å². The minimum atomic E-state index is -0.301. The molecule has 2 rings (SSSR count). The van der Waals surface area contributed by atoms with Crippen molar-refractivity contribution in [3.63, 3.8) is 0 Å². The van der Waals surface area contributed by atoms with Gasteiger partial charge in [-0.15, -0.1) is 0 Å². The maximum atomic E-state index is 12.7. The normalized spacial score (nSPS) is 10.3. The molecule has 0 fully saturated rings. The Morgan fingerprint density at radius 3 is 2.33 bits per heavy atom. The van der Waals surface area contributed by atoms with Crippen LogP contribution in [0.15, 0.2) is 30.5 Å². The summed E-state index contributed by atoms with van der Waals surface area (Å²) in [5.41, 5.74) is 1.37. The molecule has 1 aromatic carbocycles. The molecule has 0 aliphatic carbocycles. The van der Waals surface area contributed by atoms with E-state index in [4.69, 9.17) is 23.2 Å². The molecule has 15 heavy (non-hydrogen) atoms. The summed E-state index contributed by atoms with van der Waals surface area (Å²) in [5.74, 6) is -0.301. The monoisotopic (exact) mass is 242 g/mol.